The maximum atomic E-state index is 14.7. The van der Waals surface area contributed by atoms with Gasteiger partial charge in [-0.1, -0.05) is 42.6 Å². The third-order valence-electron chi connectivity index (χ3n) is 7.36. The number of ether oxygens (including phenoxy) is 1. The Morgan fingerprint density at radius 2 is 2.05 bits per heavy atom. The highest BCUT2D eigenvalue weighted by Crippen LogP contribution is 2.36. The van der Waals surface area contributed by atoms with Gasteiger partial charge in [0.2, 0.25) is 5.91 Å². The van der Waals surface area contributed by atoms with Crippen LogP contribution in [0.5, 0.6) is 0 Å². The summed E-state index contributed by atoms with van der Waals surface area (Å²) in [6.07, 6.45) is 3.14. The molecule has 0 saturated carbocycles. The first-order valence-corrected chi connectivity index (χ1v) is 14.2. The summed E-state index contributed by atoms with van der Waals surface area (Å²) in [5.41, 5.74) is 3.89. The van der Waals surface area contributed by atoms with Gasteiger partial charge in [0.15, 0.2) is 5.82 Å². The summed E-state index contributed by atoms with van der Waals surface area (Å²) in [5.74, 6) is -0.309. The molecule has 0 radical (unpaired) electrons. The largest absolute Gasteiger partial charge is 0.453 e. The van der Waals surface area contributed by atoms with Gasteiger partial charge in [-0.05, 0) is 50.1 Å². The van der Waals surface area contributed by atoms with E-state index in [-0.39, 0.29) is 28.6 Å². The number of nitrogens with one attached hydrogen (secondary N) is 4. The molecule has 4 N–H and O–H groups in total. The van der Waals surface area contributed by atoms with Gasteiger partial charge in [-0.2, -0.15) is 5.10 Å². The van der Waals surface area contributed by atoms with Crippen molar-refractivity contribution in [3.63, 3.8) is 0 Å². The number of aromatic amines is 1. The number of halogens is 3. The molecule has 1 aliphatic rings. The molecule has 220 valence electrons. The third-order valence-corrected chi connectivity index (χ3v) is 7.93. The number of imidazole rings is 1. The molecule has 0 saturated heterocycles. The van der Waals surface area contributed by atoms with Crippen molar-refractivity contribution in [2.45, 2.75) is 45.7 Å². The smallest absolute Gasteiger partial charge is 0.411 e. The van der Waals surface area contributed by atoms with Gasteiger partial charge < -0.3 is 20.4 Å². The van der Waals surface area contributed by atoms with Gasteiger partial charge in [0.1, 0.15) is 22.4 Å². The lowest BCUT2D eigenvalue weighted by Crippen LogP contribution is -2.24. The SMILES string of the molecule is COC(=O)Nc1ccc2c(c1)NC(=O)C(C)CCCC(NCc1cnn(-c3cccc(Cl)c3F)c1C)c1nc-2c(Cl)[nH]1. The molecule has 2 amide bonds. The monoisotopic (exact) mass is 613 g/mol. The summed E-state index contributed by atoms with van der Waals surface area (Å²) in [4.78, 5) is 32.9. The van der Waals surface area contributed by atoms with Gasteiger partial charge in [-0.25, -0.2) is 18.9 Å². The second-order valence-electron chi connectivity index (χ2n) is 10.2. The van der Waals surface area contributed by atoms with Crippen LogP contribution in [0, 0.1) is 18.7 Å². The van der Waals surface area contributed by atoms with Crippen molar-refractivity contribution in [1.29, 1.82) is 0 Å². The number of hydrogen-bond donors (Lipinski definition) is 4. The number of carbonyl (C=O) groups excluding carboxylic acids is 2. The number of benzene rings is 2. The van der Waals surface area contributed by atoms with Gasteiger partial charge in [0, 0.05) is 35.0 Å². The van der Waals surface area contributed by atoms with E-state index in [0.29, 0.717) is 53.0 Å². The molecule has 5 rings (SSSR count). The minimum absolute atomic E-state index is 0.0289. The lowest BCUT2D eigenvalue weighted by atomic mass is 9.99. The number of aromatic nitrogens is 4. The summed E-state index contributed by atoms with van der Waals surface area (Å²) in [5, 5.41) is 13.9. The molecular weight excluding hydrogens is 584 g/mol. The molecule has 13 heteroatoms. The van der Waals surface area contributed by atoms with Crippen LogP contribution in [-0.4, -0.2) is 38.9 Å². The zero-order valence-corrected chi connectivity index (χ0v) is 24.7. The Morgan fingerprint density at radius 3 is 2.83 bits per heavy atom. The summed E-state index contributed by atoms with van der Waals surface area (Å²) in [6.45, 7) is 4.18. The van der Waals surface area contributed by atoms with Crippen molar-refractivity contribution in [2.24, 2.45) is 5.92 Å². The highest BCUT2D eigenvalue weighted by Gasteiger charge is 2.25. The maximum Gasteiger partial charge on any atom is 0.411 e. The van der Waals surface area contributed by atoms with E-state index in [1.54, 1.807) is 36.5 Å². The summed E-state index contributed by atoms with van der Waals surface area (Å²) < 4.78 is 20.9. The van der Waals surface area contributed by atoms with Crippen LogP contribution in [0.4, 0.5) is 20.6 Å². The minimum atomic E-state index is -0.629. The number of H-pyrrole nitrogens is 1. The van der Waals surface area contributed by atoms with Crippen molar-refractivity contribution in [3.8, 4) is 16.9 Å². The standard InChI is InChI=1S/C29H30Cl2FN7O3/c1-15-6-4-8-21(33-13-17-14-34-39(16(17)2)23-9-5-7-20(30)24(23)32)27-37-25(26(31)38-27)19-11-10-18(35-29(41)42-3)12-22(19)36-28(15)40/h5,7,9-12,14-15,21,33H,4,6,8,13H2,1-3H3,(H,35,41)(H,36,40)(H,37,38). The first-order valence-electron chi connectivity index (χ1n) is 13.4. The Balaban J connectivity index is 1.44. The Morgan fingerprint density at radius 1 is 1.24 bits per heavy atom. The molecule has 0 aliphatic carbocycles. The first-order chi connectivity index (χ1) is 20.2. The van der Waals surface area contributed by atoms with E-state index in [1.165, 1.54) is 17.9 Å². The fraction of sp³-hybridized carbons (Fsp3) is 0.310. The molecule has 2 aromatic heterocycles. The fourth-order valence-electron chi connectivity index (χ4n) is 4.91. The van der Waals surface area contributed by atoms with Gasteiger partial charge in [-0.3, -0.25) is 10.1 Å². The highest BCUT2D eigenvalue weighted by atomic mass is 35.5. The van der Waals surface area contributed by atoms with Crippen LogP contribution in [-0.2, 0) is 16.1 Å². The fourth-order valence-corrected chi connectivity index (χ4v) is 5.32. The topological polar surface area (TPSA) is 126 Å². The number of anilines is 2. The Hall–Kier alpha value is -3.93. The number of carbonyl (C=O) groups is 2. The predicted molar refractivity (Wildman–Crippen MR) is 160 cm³/mol. The lowest BCUT2D eigenvalue weighted by Gasteiger charge is -2.20. The molecule has 2 atom stereocenters. The number of hydrogen-bond acceptors (Lipinski definition) is 6. The quantitative estimate of drug-likeness (QED) is 0.196. The van der Waals surface area contributed by atoms with E-state index in [1.807, 2.05) is 13.8 Å². The maximum absolute atomic E-state index is 14.7. The minimum Gasteiger partial charge on any atom is -0.453 e. The van der Waals surface area contributed by atoms with Crippen LogP contribution in [0.3, 0.4) is 0 Å². The zero-order chi connectivity index (χ0) is 30.0. The molecular formula is C29H30Cl2FN7O3. The molecule has 0 fully saturated rings. The Labute approximate surface area is 252 Å². The van der Waals surface area contributed by atoms with Gasteiger partial charge in [0.25, 0.3) is 0 Å². The van der Waals surface area contributed by atoms with Crippen LogP contribution in [0.2, 0.25) is 10.2 Å². The molecule has 0 spiro atoms. The predicted octanol–water partition coefficient (Wildman–Crippen LogP) is 6.78. The van der Waals surface area contributed by atoms with Crippen molar-refractivity contribution < 1.29 is 18.7 Å². The van der Waals surface area contributed by atoms with Gasteiger partial charge in [0.05, 0.1) is 30.1 Å². The summed E-state index contributed by atoms with van der Waals surface area (Å²) >= 11 is 12.6. The van der Waals surface area contributed by atoms with Crippen LogP contribution in [0.15, 0.2) is 42.6 Å². The average molecular weight is 615 g/mol. The molecule has 2 aromatic carbocycles. The van der Waals surface area contributed by atoms with E-state index in [0.717, 1.165) is 17.7 Å². The first kappa shape index (κ1) is 29.6. The molecule has 1 aliphatic heterocycles. The van der Waals surface area contributed by atoms with E-state index >= 15 is 0 Å². The van der Waals surface area contributed by atoms with Crippen LogP contribution in [0.1, 0.15) is 49.3 Å². The Kier molecular flexibility index (Phi) is 8.81. The number of amides is 2. The molecule has 10 nitrogen and oxygen atoms in total. The van der Waals surface area contributed by atoms with Gasteiger partial charge >= 0.3 is 6.09 Å². The van der Waals surface area contributed by atoms with Crippen molar-refractivity contribution in [1.82, 2.24) is 25.1 Å². The molecule has 3 heterocycles. The van der Waals surface area contributed by atoms with Crippen LogP contribution in [0.25, 0.3) is 16.9 Å². The van der Waals surface area contributed by atoms with E-state index in [4.69, 9.17) is 28.2 Å². The van der Waals surface area contributed by atoms with Gasteiger partial charge in [-0.15, -0.1) is 0 Å². The van der Waals surface area contributed by atoms with E-state index < -0.39 is 11.9 Å². The van der Waals surface area contributed by atoms with Crippen LogP contribution >= 0.6 is 23.2 Å². The number of methoxy groups -OCH3 is 1. The molecule has 42 heavy (non-hydrogen) atoms. The summed E-state index contributed by atoms with van der Waals surface area (Å²) in [7, 11) is 1.27. The zero-order valence-electron chi connectivity index (χ0n) is 23.2. The van der Waals surface area contributed by atoms with Crippen molar-refractivity contribution in [3.05, 3.63) is 75.7 Å². The second-order valence-corrected chi connectivity index (χ2v) is 10.9. The second kappa shape index (κ2) is 12.5. The van der Waals surface area contributed by atoms with E-state index in [2.05, 4.69) is 30.8 Å². The number of fused-ring (bicyclic) bond motifs is 4. The van der Waals surface area contributed by atoms with Crippen molar-refractivity contribution in [2.75, 3.05) is 17.7 Å². The van der Waals surface area contributed by atoms with E-state index in [9.17, 15) is 14.0 Å². The molecule has 2 unspecified atom stereocenters. The lowest BCUT2D eigenvalue weighted by molar-refractivity contribution is -0.119. The number of rotatable bonds is 5. The average Bonchev–Trinajstić information content (AvgIpc) is 3.53. The van der Waals surface area contributed by atoms with Crippen molar-refractivity contribution >= 4 is 46.6 Å². The summed E-state index contributed by atoms with van der Waals surface area (Å²) in [6, 6.07) is 9.64. The molecule has 2 bridgehead atoms. The normalized spacial score (nSPS) is 17.0. The van der Waals surface area contributed by atoms with Crippen LogP contribution < -0.4 is 16.0 Å². The highest BCUT2D eigenvalue weighted by molar-refractivity contribution is 6.32. The number of nitrogens with zero attached hydrogens (tertiary/aromatic N) is 3. The molecule has 4 aromatic rings. The Bertz CT molecular complexity index is 1640. The third kappa shape index (κ3) is 6.13.